The van der Waals surface area contributed by atoms with Crippen LogP contribution in [0.25, 0.3) is 0 Å². The summed E-state index contributed by atoms with van der Waals surface area (Å²) in [5.41, 5.74) is 0.403. The van der Waals surface area contributed by atoms with Crippen molar-refractivity contribution in [2.45, 2.75) is 13.1 Å². The van der Waals surface area contributed by atoms with Crippen LogP contribution >= 0.6 is 0 Å². The summed E-state index contributed by atoms with van der Waals surface area (Å²) in [7, 11) is 0. The maximum Gasteiger partial charge on any atom is 0.412 e. The van der Waals surface area contributed by atoms with Gasteiger partial charge in [0.2, 0.25) is 0 Å². The van der Waals surface area contributed by atoms with E-state index in [1.54, 1.807) is 37.3 Å². The number of benzene rings is 1. The molecule has 0 fully saturated rings. The first-order valence-corrected chi connectivity index (χ1v) is 4.77. The summed E-state index contributed by atoms with van der Waals surface area (Å²) in [6.07, 6.45) is -2.08. The van der Waals surface area contributed by atoms with Crippen LogP contribution in [0.1, 0.15) is 18.7 Å². The number of hydrogen-bond acceptors (Lipinski definition) is 4. The van der Waals surface area contributed by atoms with E-state index in [0.717, 1.165) is 0 Å². The molecular weight excluding hydrogens is 212 g/mol. The third-order valence-electron chi connectivity index (χ3n) is 1.86. The van der Waals surface area contributed by atoms with Crippen LogP contribution in [0, 0.1) is 10.1 Å². The number of hydrogen-bond donors (Lipinski definition) is 1. The third kappa shape index (κ3) is 3.23. The Labute approximate surface area is 92.4 Å². The van der Waals surface area contributed by atoms with E-state index < -0.39 is 17.2 Å². The van der Waals surface area contributed by atoms with Crippen molar-refractivity contribution in [3.8, 4) is 0 Å². The Balaban J connectivity index is 2.77. The Morgan fingerprint density at radius 3 is 2.62 bits per heavy atom. The van der Waals surface area contributed by atoms with Crippen LogP contribution in [0.5, 0.6) is 0 Å². The molecule has 1 atom stereocenters. The van der Waals surface area contributed by atoms with E-state index in [2.05, 4.69) is 10.1 Å². The largest absolute Gasteiger partial charge is 0.450 e. The van der Waals surface area contributed by atoms with Crippen molar-refractivity contribution < 1.29 is 14.5 Å². The van der Waals surface area contributed by atoms with Crippen molar-refractivity contribution in [2.75, 3.05) is 6.61 Å². The van der Waals surface area contributed by atoms with Gasteiger partial charge in [0.1, 0.15) is 0 Å². The quantitative estimate of drug-likeness (QED) is 0.479. The molecule has 1 aromatic carbocycles. The van der Waals surface area contributed by atoms with Crippen LogP contribution in [-0.4, -0.2) is 17.6 Å². The zero-order valence-electron chi connectivity index (χ0n) is 8.75. The van der Waals surface area contributed by atoms with Gasteiger partial charge < -0.3 is 4.74 Å². The van der Waals surface area contributed by atoms with Crippen LogP contribution in [0.4, 0.5) is 4.79 Å². The van der Waals surface area contributed by atoms with E-state index in [0.29, 0.717) is 5.56 Å². The molecule has 0 aliphatic carbocycles. The Morgan fingerprint density at radius 1 is 1.50 bits per heavy atom. The molecule has 1 unspecified atom stereocenters. The van der Waals surface area contributed by atoms with Crippen molar-refractivity contribution >= 4 is 6.09 Å². The summed E-state index contributed by atoms with van der Waals surface area (Å²) in [6.45, 7) is 1.80. The van der Waals surface area contributed by atoms with Crippen molar-refractivity contribution in [3.63, 3.8) is 0 Å². The van der Waals surface area contributed by atoms with E-state index >= 15 is 0 Å². The fourth-order valence-corrected chi connectivity index (χ4v) is 1.18. The number of amides is 1. The number of alkyl carbamates (subject to hydrolysis) is 1. The van der Waals surface area contributed by atoms with Crippen molar-refractivity contribution in [1.82, 2.24) is 5.32 Å². The maximum atomic E-state index is 11.1. The molecule has 0 heterocycles. The smallest absolute Gasteiger partial charge is 0.412 e. The molecule has 0 radical (unpaired) electrons. The highest BCUT2D eigenvalue weighted by atomic mass is 16.6. The molecule has 0 saturated heterocycles. The molecule has 0 bridgehead atoms. The second kappa shape index (κ2) is 5.69. The van der Waals surface area contributed by atoms with Crippen molar-refractivity contribution in [3.05, 3.63) is 46.0 Å². The third-order valence-corrected chi connectivity index (χ3v) is 1.86. The van der Waals surface area contributed by atoms with Gasteiger partial charge in [0.05, 0.1) is 11.5 Å². The van der Waals surface area contributed by atoms with Crippen LogP contribution < -0.4 is 5.32 Å². The Hall–Kier alpha value is -2.11. The molecule has 16 heavy (non-hydrogen) atoms. The standard InChI is InChI=1S/C10H12N2O4/c1-2-16-10(13)11-9(12(14)15)8-6-4-3-5-7-8/h3-7,9H,2H2,1H3,(H,11,13). The molecule has 6 heteroatoms. The SMILES string of the molecule is CCOC(=O)NC(c1ccccc1)[N+](=O)[O-]. The first-order chi connectivity index (χ1) is 7.65. The average molecular weight is 224 g/mol. The van der Waals surface area contributed by atoms with E-state index in [1.165, 1.54) is 0 Å². The van der Waals surface area contributed by atoms with Crippen LogP contribution in [0.3, 0.4) is 0 Å². The lowest BCUT2D eigenvalue weighted by atomic mass is 10.2. The van der Waals surface area contributed by atoms with Gasteiger partial charge in [-0.05, 0) is 6.92 Å². The number of rotatable bonds is 4. The zero-order chi connectivity index (χ0) is 12.0. The van der Waals surface area contributed by atoms with Gasteiger partial charge in [-0.25, -0.2) is 4.79 Å². The van der Waals surface area contributed by atoms with E-state index in [1.807, 2.05) is 0 Å². The maximum absolute atomic E-state index is 11.1. The van der Waals surface area contributed by atoms with Gasteiger partial charge in [-0.1, -0.05) is 30.3 Å². The average Bonchev–Trinajstić information content (AvgIpc) is 2.27. The van der Waals surface area contributed by atoms with Gasteiger partial charge >= 0.3 is 12.3 Å². The highest BCUT2D eigenvalue weighted by molar-refractivity contribution is 5.67. The van der Waals surface area contributed by atoms with E-state index in [4.69, 9.17) is 0 Å². The van der Waals surface area contributed by atoms with Crippen molar-refractivity contribution in [2.24, 2.45) is 0 Å². The molecule has 1 rings (SSSR count). The lowest BCUT2D eigenvalue weighted by Crippen LogP contribution is -2.33. The van der Waals surface area contributed by atoms with E-state index in [9.17, 15) is 14.9 Å². The predicted molar refractivity (Wildman–Crippen MR) is 56.3 cm³/mol. The summed E-state index contributed by atoms with van der Waals surface area (Å²) < 4.78 is 4.59. The molecule has 0 aliphatic rings. The minimum absolute atomic E-state index is 0.172. The summed E-state index contributed by atoms with van der Waals surface area (Å²) in [6, 6.07) is 8.21. The predicted octanol–water partition coefficient (Wildman–Crippen LogP) is 1.71. The fraction of sp³-hybridized carbons (Fsp3) is 0.300. The van der Waals surface area contributed by atoms with Gasteiger partial charge in [0.15, 0.2) is 0 Å². The molecule has 0 aromatic heterocycles. The normalized spacial score (nSPS) is 11.6. The van der Waals surface area contributed by atoms with Gasteiger partial charge in [-0.3, -0.25) is 15.4 Å². The Kier molecular flexibility index (Phi) is 4.26. The van der Waals surface area contributed by atoms with Crippen LogP contribution in [-0.2, 0) is 4.74 Å². The van der Waals surface area contributed by atoms with Crippen molar-refractivity contribution in [1.29, 1.82) is 0 Å². The molecule has 1 amide bonds. The molecule has 1 N–H and O–H groups in total. The van der Waals surface area contributed by atoms with Crippen LogP contribution in [0.2, 0.25) is 0 Å². The van der Waals surface area contributed by atoms with Crippen LogP contribution in [0.15, 0.2) is 30.3 Å². The molecule has 0 spiro atoms. The first kappa shape index (κ1) is 12.0. The van der Waals surface area contributed by atoms with Gasteiger partial charge in [-0.2, -0.15) is 0 Å². The minimum Gasteiger partial charge on any atom is -0.450 e. The summed E-state index contributed by atoms with van der Waals surface area (Å²) in [5, 5.41) is 12.9. The van der Waals surface area contributed by atoms with Gasteiger partial charge in [0, 0.05) is 5.56 Å². The highest BCUT2D eigenvalue weighted by Gasteiger charge is 2.24. The number of carbonyl (C=O) groups excluding carboxylic acids is 1. The fourth-order valence-electron chi connectivity index (χ4n) is 1.18. The molecule has 0 saturated carbocycles. The lowest BCUT2D eigenvalue weighted by Gasteiger charge is -2.11. The number of carbonyl (C=O) groups is 1. The zero-order valence-corrected chi connectivity index (χ0v) is 8.75. The summed E-state index contributed by atoms with van der Waals surface area (Å²) in [5.74, 6) is 0. The minimum atomic E-state index is -1.28. The molecule has 1 aromatic rings. The monoisotopic (exact) mass is 224 g/mol. The Morgan fingerprint density at radius 2 is 2.12 bits per heavy atom. The van der Waals surface area contributed by atoms with Gasteiger partial charge in [-0.15, -0.1) is 0 Å². The number of nitro groups is 1. The first-order valence-electron chi connectivity index (χ1n) is 4.77. The lowest BCUT2D eigenvalue weighted by molar-refractivity contribution is -0.533. The Bertz CT molecular complexity index is 366. The summed E-state index contributed by atoms with van der Waals surface area (Å²) in [4.78, 5) is 21.3. The second-order valence-electron chi connectivity index (χ2n) is 2.96. The molecule has 0 aliphatic heterocycles. The topological polar surface area (TPSA) is 81.5 Å². The second-order valence-corrected chi connectivity index (χ2v) is 2.96. The van der Waals surface area contributed by atoms with Gasteiger partial charge in [0.25, 0.3) is 0 Å². The highest BCUT2D eigenvalue weighted by Crippen LogP contribution is 2.12. The molecule has 6 nitrogen and oxygen atoms in total. The summed E-state index contributed by atoms with van der Waals surface area (Å²) >= 11 is 0. The number of nitrogens with one attached hydrogen (secondary N) is 1. The van der Waals surface area contributed by atoms with E-state index in [-0.39, 0.29) is 6.61 Å². The number of ether oxygens (including phenoxy) is 1. The molecule has 86 valence electrons. The number of nitrogens with zero attached hydrogens (tertiary/aromatic N) is 1. The molecular formula is C10H12N2O4.